The lowest BCUT2D eigenvalue weighted by Gasteiger charge is -2.34. The number of fused-ring (bicyclic) bond motifs is 1. The molecular weight excluding hydrogens is 651 g/mol. The Hall–Kier alpha value is -4.66. The summed E-state index contributed by atoms with van der Waals surface area (Å²) >= 11 is -1.29. The molecule has 0 bridgehead atoms. The Labute approximate surface area is 285 Å². The molecule has 2 atom stereocenters. The van der Waals surface area contributed by atoms with Crippen molar-refractivity contribution >= 4 is 56.1 Å². The number of hydrogen-bond acceptors (Lipinski definition) is 11. The molecule has 6 rings (SSSR count). The fraction of sp³-hybridized carbons (Fsp3) is 0.324. The summed E-state index contributed by atoms with van der Waals surface area (Å²) in [7, 11) is 0. The van der Waals surface area contributed by atoms with Crippen LogP contribution in [0.2, 0.25) is 0 Å². The molecule has 4 heterocycles. The third-order valence-corrected chi connectivity index (χ3v) is 9.38. The summed E-state index contributed by atoms with van der Waals surface area (Å²) < 4.78 is 38.3. The predicted molar refractivity (Wildman–Crippen MR) is 186 cm³/mol. The second kappa shape index (κ2) is 13.8. The SMILES string of the molecule is Cc1ncc(N(c2cccc3c(Oc4ncccc4-c4ccnc(N[C@H]5CCCN(C(=O)OC(C)(C)C)C5)n4)c(C)ccc23)S(=O)[O-])s1. The second-order valence-corrected chi connectivity index (χ2v) is 14.5. The molecule has 1 aliphatic heterocycles. The van der Waals surface area contributed by atoms with Crippen molar-refractivity contribution in [2.75, 3.05) is 22.7 Å². The molecule has 3 aromatic heterocycles. The first-order valence-electron chi connectivity index (χ1n) is 15.5. The topological polar surface area (TPSA) is 146 Å². The first-order valence-corrected chi connectivity index (χ1v) is 17.4. The molecule has 14 heteroatoms. The minimum absolute atomic E-state index is 0.0458. The molecule has 0 radical (unpaired) electrons. The smallest absolute Gasteiger partial charge is 0.410 e. The average molecular weight is 687 g/mol. The molecule has 5 aromatic rings. The first-order chi connectivity index (χ1) is 23.0. The van der Waals surface area contributed by atoms with Gasteiger partial charge in [0.25, 0.3) is 0 Å². The molecule has 1 aliphatic rings. The third-order valence-electron chi connectivity index (χ3n) is 7.67. The first kappa shape index (κ1) is 33.2. The van der Waals surface area contributed by atoms with Crippen molar-refractivity contribution in [1.82, 2.24) is 24.8 Å². The third kappa shape index (κ3) is 7.40. The molecule has 250 valence electrons. The van der Waals surface area contributed by atoms with Gasteiger partial charge in [0.2, 0.25) is 11.8 Å². The maximum Gasteiger partial charge on any atom is 0.410 e. The Morgan fingerprint density at radius 2 is 1.90 bits per heavy atom. The van der Waals surface area contributed by atoms with E-state index in [1.165, 1.54) is 15.6 Å². The number of pyridine rings is 1. The minimum atomic E-state index is -2.59. The van der Waals surface area contributed by atoms with Crippen molar-refractivity contribution in [2.24, 2.45) is 0 Å². The van der Waals surface area contributed by atoms with Gasteiger partial charge in [0.05, 0.1) is 39.4 Å². The van der Waals surface area contributed by atoms with Crippen molar-refractivity contribution < 1.29 is 23.0 Å². The maximum absolute atomic E-state index is 12.7. The molecular formula is C34H36N7O5S2-. The van der Waals surface area contributed by atoms with E-state index in [1.54, 1.807) is 41.7 Å². The summed E-state index contributed by atoms with van der Waals surface area (Å²) in [5.74, 6) is 1.30. The highest BCUT2D eigenvalue weighted by atomic mass is 32.2. The Balaban J connectivity index is 1.28. The van der Waals surface area contributed by atoms with E-state index in [-0.39, 0.29) is 12.1 Å². The van der Waals surface area contributed by atoms with Gasteiger partial charge in [-0.1, -0.05) is 24.3 Å². The highest BCUT2D eigenvalue weighted by Crippen LogP contribution is 2.42. The molecule has 0 spiro atoms. The normalized spacial score (nSPS) is 15.6. The second-order valence-electron chi connectivity index (χ2n) is 12.4. The van der Waals surface area contributed by atoms with Crippen LogP contribution in [0.1, 0.15) is 44.2 Å². The number of rotatable bonds is 8. The number of likely N-dealkylation sites (tertiary alicyclic amines) is 1. The average Bonchev–Trinajstić information content (AvgIpc) is 3.47. The zero-order valence-corrected chi connectivity index (χ0v) is 28.9. The molecule has 1 fully saturated rings. The number of benzene rings is 2. The molecule has 2 aromatic carbocycles. The molecule has 48 heavy (non-hydrogen) atoms. The van der Waals surface area contributed by atoms with Crippen LogP contribution in [0, 0.1) is 13.8 Å². The van der Waals surface area contributed by atoms with Crippen LogP contribution in [0.25, 0.3) is 22.0 Å². The van der Waals surface area contributed by atoms with Crippen molar-refractivity contribution in [3.63, 3.8) is 0 Å². The number of piperidine rings is 1. The number of nitrogens with one attached hydrogen (secondary N) is 1. The van der Waals surface area contributed by atoms with Crippen molar-refractivity contribution in [3.8, 4) is 22.9 Å². The van der Waals surface area contributed by atoms with Gasteiger partial charge in [-0.2, -0.15) is 0 Å². The standard InChI is InChI=1S/C34H37N7O5S2/c1-21-13-14-24-25(10-6-12-28(24)41(48(43)44)29-19-37-22(2)47-29)30(21)45-31-26(11-7-16-35-31)27-15-17-36-32(39-27)38-23-9-8-18-40(20-23)33(42)46-34(3,4)5/h6-7,10-17,19,23H,8-9,18,20H2,1-5H3,(H,43,44)(H,36,38,39)/p-1/t23-/m0/s1. The Morgan fingerprint density at radius 1 is 1.06 bits per heavy atom. The van der Waals surface area contributed by atoms with Gasteiger partial charge in [0.1, 0.15) is 16.4 Å². The fourth-order valence-electron chi connectivity index (χ4n) is 5.56. The highest BCUT2D eigenvalue weighted by Gasteiger charge is 2.28. The van der Waals surface area contributed by atoms with E-state index in [4.69, 9.17) is 14.5 Å². The van der Waals surface area contributed by atoms with Crippen LogP contribution in [0.4, 0.5) is 21.4 Å². The van der Waals surface area contributed by atoms with E-state index in [2.05, 4.69) is 20.3 Å². The Bertz CT molecular complexity index is 1980. The zero-order valence-electron chi connectivity index (χ0n) is 27.3. The number of aryl methyl sites for hydroxylation is 2. The van der Waals surface area contributed by atoms with Gasteiger partial charge in [-0.05, 0) is 77.3 Å². The van der Waals surface area contributed by atoms with Gasteiger partial charge >= 0.3 is 6.09 Å². The number of carbonyl (C=O) groups excluding carboxylic acids is 1. The van der Waals surface area contributed by atoms with E-state index in [1.807, 2.05) is 65.0 Å². The number of hydrogen-bond donors (Lipinski definition) is 1. The summed E-state index contributed by atoms with van der Waals surface area (Å²) in [5.41, 5.74) is 2.01. The van der Waals surface area contributed by atoms with Crippen LogP contribution < -0.4 is 14.4 Å². The summed E-state index contributed by atoms with van der Waals surface area (Å²) in [5, 5.41) is 6.04. The van der Waals surface area contributed by atoms with Crippen molar-refractivity contribution in [1.29, 1.82) is 0 Å². The monoisotopic (exact) mass is 686 g/mol. The zero-order chi connectivity index (χ0) is 34.0. The van der Waals surface area contributed by atoms with Gasteiger partial charge in [-0.15, -0.1) is 11.3 Å². The Morgan fingerprint density at radius 3 is 2.65 bits per heavy atom. The molecule has 1 amide bonds. The van der Waals surface area contributed by atoms with Crippen LogP contribution in [0.5, 0.6) is 11.6 Å². The number of carbonyl (C=O) groups is 1. The lowest BCUT2D eigenvalue weighted by Crippen LogP contribution is -2.47. The van der Waals surface area contributed by atoms with Crippen LogP contribution in [0.3, 0.4) is 0 Å². The van der Waals surface area contributed by atoms with Crippen LogP contribution >= 0.6 is 11.3 Å². The number of thiazole rings is 1. The quantitative estimate of drug-likeness (QED) is 0.165. The van der Waals surface area contributed by atoms with E-state index in [0.717, 1.165) is 28.8 Å². The highest BCUT2D eigenvalue weighted by molar-refractivity contribution is 7.81. The fourth-order valence-corrected chi connectivity index (χ4v) is 7.07. The summed E-state index contributed by atoms with van der Waals surface area (Å²) in [4.78, 5) is 32.4. The van der Waals surface area contributed by atoms with E-state index in [0.29, 0.717) is 58.0 Å². The van der Waals surface area contributed by atoms with Crippen molar-refractivity contribution in [2.45, 2.75) is 59.1 Å². The number of amides is 1. The van der Waals surface area contributed by atoms with E-state index < -0.39 is 16.9 Å². The number of ether oxygens (including phenoxy) is 2. The van der Waals surface area contributed by atoms with Gasteiger partial charge in [-0.25, -0.2) is 24.7 Å². The van der Waals surface area contributed by atoms with Crippen LogP contribution in [-0.2, 0) is 16.0 Å². The Kier molecular flexibility index (Phi) is 9.58. The lowest BCUT2D eigenvalue weighted by molar-refractivity contribution is 0.0206. The summed E-state index contributed by atoms with van der Waals surface area (Å²) in [6.45, 7) is 10.4. The van der Waals surface area contributed by atoms with E-state index >= 15 is 0 Å². The van der Waals surface area contributed by atoms with Gasteiger partial charge in [-0.3, -0.25) is 8.51 Å². The predicted octanol–water partition coefficient (Wildman–Crippen LogP) is 7.30. The molecule has 1 saturated heterocycles. The number of anilines is 3. The lowest BCUT2D eigenvalue weighted by atomic mass is 10.0. The molecule has 0 aliphatic carbocycles. The number of aromatic nitrogens is 4. The largest absolute Gasteiger partial charge is 0.755 e. The van der Waals surface area contributed by atoms with Gasteiger partial charge in [0, 0.05) is 42.3 Å². The molecule has 1 unspecified atom stereocenters. The molecule has 1 N–H and O–H groups in total. The number of nitrogens with zero attached hydrogens (tertiary/aromatic N) is 6. The van der Waals surface area contributed by atoms with Crippen LogP contribution in [-0.4, -0.2) is 64.4 Å². The maximum atomic E-state index is 12.7. The summed E-state index contributed by atoms with van der Waals surface area (Å²) in [6.07, 6.45) is 6.23. The minimum Gasteiger partial charge on any atom is -0.755 e. The van der Waals surface area contributed by atoms with Gasteiger partial charge in [0.15, 0.2) is 0 Å². The molecule has 12 nitrogen and oxygen atoms in total. The van der Waals surface area contributed by atoms with E-state index in [9.17, 15) is 13.6 Å². The van der Waals surface area contributed by atoms with Gasteiger partial charge < -0.3 is 24.2 Å². The summed E-state index contributed by atoms with van der Waals surface area (Å²) in [6, 6.07) is 14.7. The molecule has 0 saturated carbocycles. The van der Waals surface area contributed by atoms with Crippen molar-refractivity contribution in [3.05, 3.63) is 77.7 Å². The van der Waals surface area contributed by atoms with Crippen LogP contribution in [0.15, 0.2) is 67.1 Å².